The third-order valence-corrected chi connectivity index (χ3v) is 7.72. The Morgan fingerprint density at radius 3 is 1.76 bits per heavy atom. The quantitative estimate of drug-likeness (QED) is 0.0634. The van der Waals surface area contributed by atoms with Crippen LogP contribution >= 0.6 is 0 Å². The minimum Gasteiger partial charge on any atom is -0.508 e. The van der Waals surface area contributed by atoms with E-state index in [1.54, 1.807) is 24.3 Å². The predicted octanol–water partition coefficient (Wildman–Crippen LogP) is -1.79. The number of hydrogen-bond donors (Lipinski definition) is 10. The third-order valence-electron chi connectivity index (χ3n) is 7.72. The SMILES string of the molecule is NC(N)=NCCC[C@@H]1NC(=O)[C@H](CCCN=C(N)N)NC(=O)[C@@H](Cc2ccc(O)cc2)NC(=O)CNC(=O)[C@H](C/C=C/c2ccccc2)NC1=O. The van der Waals surface area contributed by atoms with Crippen molar-refractivity contribution in [2.24, 2.45) is 32.9 Å². The van der Waals surface area contributed by atoms with Crippen LogP contribution in [0.4, 0.5) is 0 Å². The van der Waals surface area contributed by atoms with Gasteiger partial charge in [-0.05, 0) is 55.4 Å². The summed E-state index contributed by atoms with van der Waals surface area (Å²) >= 11 is 0. The first-order chi connectivity index (χ1) is 24.4. The molecule has 1 saturated heterocycles. The summed E-state index contributed by atoms with van der Waals surface area (Å²) in [7, 11) is 0. The van der Waals surface area contributed by atoms with Crippen molar-refractivity contribution in [2.45, 2.75) is 62.7 Å². The molecule has 0 saturated carbocycles. The largest absolute Gasteiger partial charge is 0.508 e. The van der Waals surface area contributed by atoms with Crippen molar-refractivity contribution < 1.29 is 29.1 Å². The third kappa shape index (κ3) is 14.5. The summed E-state index contributed by atoms with van der Waals surface area (Å²) < 4.78 is 0. The molecular formula is C34H47N11O6. The van der Waals surface area contributed by atoms with E-state index in [9.17, 15) is 29.1 Å². The number of nitrogens with zero attached hydrogens (tertiary/aromatic N) is 2. The number of aliphatic imine (C=N–C) groups is 2. The summed E-state index contributed by atoms with van der Waals surface area (Å²) in [5.41, 5.74) is 23.2. The Kier molecular flexibility index (Phi) is 15.7. The fraction of sp³-hybridized carbons (Fsp3) is 0.382. The van der Waals surface area contributed by atoms with Crippen LogP contribution in [0, 0.1) is 0 Å². The molecule has 0 radical (unpaired) electrons. The number of amides is 5. The number of aromatic hydroxyl groups is 1. The van der Waals surface area contributed by atoms with Gasteiger partial charge >= 0.3 is 0 Å². The molecular weight excluding hydrogens is 658 g/mol. The zero-order valence-electron chi connectivity index (χ0n) is 28.2. The van der Waals surface area contributed by atoms with Crippen molar-refractivity contribution >= 4 is 47.5 Å². The first kappa shape index (κ1) is 39.3. The van der Waals surface area contributed by atoms with Crippen LogP contribution in [-0.2, 0) is 30.4 Å². The molecule has 0 spiro atoms. The summed E-state index contributed by atoms with van der Waals surface area (Å²) in [5, 5.41) is 23.0. The molecule has 51 heavy (non-hydrogen) atoms. The molecule has 1 fully saturated rings. The van der Waals surface area contributed by atoms with E-state index in [0.717, 1.165) is 5.56 Å². The minimum atomic E-state index is -1.18. The fourth-order valence-corrected chi connectivity index (χ4v) is 5.11. The number of carbonyl (C=O) groups excluding carboxylic acids is 5. The lowest BCUT2D eigenvalue weighted by molar-refractivity contribution is -0.134. The van der Waals surface area contributed by atoms with E-state index in [0.29, 0.717) is 5.56 Å². The summed E-state index contributed by atoms with van der Waals surface area (Å²) in [5.74, 6) is -3.67. The molecule has 1 heterocycles. The predicted molar refractivity (Wildman–Crippen MR) is 192 cm³/mol. The maximum absolute atomic E-state index is 13.8. The van der Waals surface area contributed by atoms with E-state index in [1.807, 2.05) is 30.3 Å². The van der Waals surface area contributed by atoms with Crippen molar-refractivity contribution in [3.8, 4) is 5.75 Å². The molecule has 17 nitrogen and oxygen atoms in total. The van der Waals surface area contributed by atoms with Gasteiger partial charge in [-0.25, -0.2) is 0 Å². The number of nitrogens with one attached hydrogen (secondary N) is 5. The molecule has 3 rings (SSSR count). The summed E-state index contributed by atoms with van der Waals surface area (Å²) in [4.78, 5) is 75.6. The molecule has 4 atom stereocenters. The summed E-state index contributed by atoms with van der Waals surface area (Å²) in [6.45, 7) is -0.185. The number of phenols is 1. The van der Waals surface area contributed by atoms with Crippen molar-refractivity contribution in [1.82, 2.24) is 26.6 Å². The van der Waals surface area contributed by atoms with Crippen LogP contribution in [0.5, 0.6) is 5.75 Å². The van der Waals surface area contributed by atoms with Gasteiger partial charge in [-0.15, -0.1) is 0 Å². The summed E-state index contributed by atoms with van der Waals surface area (Å²) in [6, 6.07) is 10.7. The fourth-order valence-electron chi connectivity index (χ4n) is 5.11. The number of phenolic OH excluding ortho intramolecular Hbond substituents is 1. The van der Waals surface area contributed by atoms with Gasteiger partial charge in [0.25, 0.3) is 0 Å². The molecule has 17 heteroatoms. The Labute approximate surface area is 295 Å². The Hall–Kier alpha value is -6.13. The molecule has 0 aromatic heterocycles. The topological polar surface area (TPSA) is 295 Å². The number of nitrogens with two attached hydrogens (primary N) is 4. The van der Waals surface area contributed by atoms with Gasteiger partial charge in [-0.1, -0.05) is 54.6 Å². The molecule has 0 unspecified atom stereocenters. The molecule has 14 N–H and O–H groups in total. The standard InChI is InChI=1S/C34H47N11O6/c35-33(36)39-17-5-11-25-30(49)43-24(10-4-9-21-7-2-1-3-8-21)29(48)41-20-28(47)42-27(19-22-13-15-23(46)16-14-22)32(51)45-26(31(50)44-25)12-6-18-40-34(37)38/h1-4,7-9,13-16,24-27,46H,5-6,10-12,17-20H2,(H,41,48)(H,42,47)(H,43,49)(H,44,50)(H,45,51)(H4,35,36,39)(H4,37,38,40)/b9-4+/t24-,25-,26-,27+/m0/s1. The molecule has 2 aromatic rings. The van der Waals surface area contributed by atoms with Gasteiger partial charge in [0.05, 0.1) is 6.54 Å². The zero-order valence-corrected chi connectivity index (χ0v) is 28.2. The van der Waals surface area contributed by atoms with E-state index in [4.69, 9.17) is 22.9 Å². The number of rotatable bonds is 13. The normalized spacial score (nSPS) is 20.4. The molecule has 1 aliphatic rings. The Morgan fingerprint density at radius 2 is 1.22 bits per heavy atom. The van der Waals surface area contributed by atoms with E-state index >= 15 is 0 Å². The second kappa shape index (κ2) is 20.4. The lowest BCUT2D eigenvalue weighted by Crippen LogP contribution is -2.57. The average Bonchev–Trinajstić information content (AvgIpc) is 3.09. The van der Waals surface area contributed by atoms with E-state index in [1.165, 1.54) is 12.1 Å². The van der Waals surface area contributed by atoms with Crippen LogP contribution in [0.15, 0.2) is 70.7 Å². The molecule has 0 aliphatic carbocycles. The maximum atomic E-state index is 13.8. The van der Waals surface area contributed by atoms with Gasteiger partial charge in [-0.2, -0.15) is 0 Å². The molecule has 5 amide bonds. The zero-order chi connectivity index (χ0) is 37.2. The highest BCUT2D eigenvalue weighted by Crippen LogP contribution is 2.13. The van der Waals surface area contributed by atoms with Crippen LogP contribution in [0.1, 0.15) is 43.2 Å². The van der Waals surface area contributed by atoms with Crippen molar-refractivity contribution in [3.63, 3.8) is 0 Å². The van der Waals surface area contributed by atoms with E-state index in [2.05, 4.69) is 36.6 Å². The lowest BCUT2D eigenvalue weighted by atomic mass is 10.0. The van der Waals surface area contributed by atoms with Crippen molar-refractivity contribution in [2.75, 3.05) is 19.6 Å². The molecule has 1 aliphatic heterocycles. The molecule has 0 bridgehead atoms. The minimum absolute atomic E-state index is 0.00545. The van der Waals surface area contributed by atoms with E-state index < -0.39 is 60.2 Å². The summed E-state index contributed by atoms with van der Waals surface area (Å²) in [6.07, 6.45) is 4.27. The Morgan fingerprint density at radius 1 is 0.686 bits per heavy atom. The highest BCUT2D eigenvalue weighted by molar-refractivity contribution is 5.97. The monoisotopic (exact) mass is 705 g/mol. The van der Waals surface area contributed by atoms with Crippen molar-refractivity contribution in [3.05, 3.63) is 71.8 Å². The molecule has 2 aromatic carbocycles. The number of hydrogen-bond acceptors (Lipinski definition) is 8. The van der Waals surface area contributed by atoms with Gasteiger partial charge in [-0.3, -0.25) is 34.0 Å². The second-order valence-corrected chi connectivity index (χ2v) is 11.8. The van der Waals surface area contributed by atoms with Crippen LogP contribution in [0.3, 0.4) is 0 Å². The van der Waals surface area contributed by atoms with Crippen LogP contribution in [0.25, 0.3) is 6.08 Å². The Bertz CT molecular complexity index is 1570. The maximum Gasteiger partial charge on any atom is 0.243 e. The van der Waals surface area contributed by atoms with Crippen LogP contribution < -0.4 is 49.5 Å². The van der Waals surface area contributed by atoms with Gasteiger partial charge < -0.3 is 54.6 Å². The van der Waals surface area contributed by atoms with Crippen molar-refractivity contribution in [1.29, 1.82) is 0 Å². The van der Waals surface area contributed by atoms with Gasteiger partial charge in [0.2, 0.25) is 29.5 Å². The lowest BCUT2D eigenvalue weighted by Gasteiger charge is -2.26. The first-order valence-electron chi connectivity index (χ1n) is 16.5. The smallest absolute Gasteiger partial charge is 0.243 e. The second-order valence-electron chi connectivity index (χ2n) is 11.8. The van der Waals surface area contributed by atoms with Crippen LogP contribution in [-0.4, -0.2) is 90.4 Å². The first-order valence-corrected chi connectivity index (χ1v) is 16.5. The van der Waals surface area contributed by atoms with Gasteiger partial charge in [0.15, 0.2) is 11.9 Å². The van der Waals surface area contributed by atoms with E-state index in [-0.39, 0.29) is 69.3 Å². The highest BCUT2D eigenvalue weighted by Gasteiger charge is 2.32. The van der Waals surface area contributed by atoms with Gasteiger partial charge in [0.1, 0.15) is 29.9 Å². The number of carbonyl (C=O) groups is 5. The number of benzene rings is 2. The van der Waals surface area contributed by atoms with Crippen LogP contribution in [0.2, 0.25) is 0 Å². The highest BCUT2D eigenvalue weighted by atomic mass is 16.3. The molecule has 274 valence electrons. The number of guanidine groups is 2. The Balaban J connectivity index is 1.96. The van der Waals surface area contributed by atoms with Gasteiger partial charge in [0, 0.05) is 19.5 Å². The average molecular weight is 706 g/mol.